The van der Waals surface area contributed by atoms with Gasteiger partial charge >= 0.3 is 5.97 Å². The highest BCUT2D eigenvalue weighted by Gasteiger charge is 2.35. The van der Waals surface area contributed by atoms with Crippen LogP contribution in [0, 0.1) is 0 Å². The Morgan fingerprint density at radius 1 is 1.26 bits per heavy atom. The molecule has 0 saturated heterocycles. The topological polar surface area (TPSA) is 154 Å². The Kier molecular flexibility index (Phi) is 8.73. The van der Waals surface area contributed by atoms with Crippen LogP contribution in [-0.4, -0.2) is 81.0 Å². The van der Waals surface area contributed by atoms with Crippen LogP contribution >= 0.6 is 11.6 Å². The summed E-state index contributed by atoms with van der Waals surface area (Å²) in [6, 6.07) is 8.36. The lowest BCUT2D eigenvalue weighted by Gasteiger charge is -2.28. The number of amides is 1. The maximum absolute atomic E-state index is 13.3. The Balaban J connectivity index is 1.50. The third kappa shape index (κ3) is 6.67. The molecule has 2 aromatic rings. The van der Waals surface area contributed by atoms with Crippen molar-refractivity contribution < 1.29 is 32.2 Å². The van der Waals surface area contributed by atoms with E-state index in [2.05, 4.69) is 10.1 Å². The summed E-state index contributed by atoms with van der Waals surface area (Å²) in [6.07, 6.45) is 3.75. The zero-order chi connectivity index (χ0) is 28.2. The average Bonchev–Trinajstić information content (AvgIpc) is 3.37. The van der Waals surface area contributed by atoms with Gasteiger partial charge in [-0.2, -0.15) is 5.10 Å². The quantitative estimate of drug-likeness (QED) is 0.390. The number of sulfone groups is 1. The predicted molar refractivity (Wildman–Crippen MR) is 145 cm³/mol. The number of aromatic nitrogens is 1. The molecule has 1 aromatic heterocycles. The molecule has 0 saturated carbocycles. The molecule has 2 aliphatic rings. The lowest BCUT2D eigenvalue weighted by Crippen LogP contribution is -2.39. The zero-order valence-corrected chi connectivity index (χ0v) is 22.9. The highest BCUT2D eigenvalue weighted by Crippen LogP contribution is 2.36. The first-order valence-corrected chi connectivity index (χ1v) is 14.2. The van der Waals surface area contributed by atoms with Gasteiger partial charge in [0.2, 0.25) is 0 Å². The maximum atomic E-state index is 13.3. The molecule has 12 nitrogen and oxygen atoms in total. The summed E-state index contributed by atoms with van der Waals surface area (Å²) in [5, 5.41) is 6.57. The Bertz CT molecular complexity index is 1400. The number of carbonyl (C=O) groups is 2. The van der Waals surface area contributed by atoms with Crippen LogP contribution in [0.2, 0.25) is 5.02 Å². The van der Waals surface area contributed by atoms with Gasteiger partial charge in [-0.15, -0.1) is 0 Å². The number of carbonyl (C=O) groups excluding carboxylic acids is 2. The van der Waals surface area contributed by atoms with Gasteiger partial charge in [-0.25, -0.2) is 8.42 Å². The van der Waals surface area contributed by atoms with Crippen LogP contribution < -0.4 is 20.1 Å². The molecule has 39 heavy (non-hydrogen) atoms. The fourth-order valence-corrected chi connectivity index (χ4v) is 5.10. The van der Waals surface area contributed by atoms with Crippen molar-refractivity contribution in [2.45, 2.75) is 18.9 Å². The normalized spacial score (nSPS) is 17.5. The van der Waals surface area contributed by atoms with Gasteiger partial charge < -0.3 is 19.9 Å². The van der Waals surface area contributed by atoms with Gasteiger partial charge in [0, 0.05) is 29.6 Å². The van der Waals surface area contributed by atoms with Gasteiger partial charge in [0.15, 0.2) is 21.3 Å². The van der Waals surface area contributed by atoms with E-state index in [4.69, 9.17) is 31.5 Å². The number of nitrogens with two attached hydrogens (primary N) is 1. The fraction of sp³-hybridized carbons (Fsp3) is 0.360. The minimum absolute atomic E-state index is 0.113. The number of hydrogen-bond donors (Lipinski definition) is 1. The summed E-state index contributed by atoms with van der Waals surface area (Å²) in [5.41, 5.74) is 6.97. The van der Waals surface area contributed by atoms with Crippen LogP contribution in [0.3, 0.4) is 0 Å². The standard InChI is InChI=1S/C25H28ClN5O7S/c1-3-39(34,35)14-19(38-24(32)10-27)13-37-22-7-5-18(9-23(22)36-2)30-15-29-31-12-16(8-21(31)25(30)33)20-6-4-17(26)11-28-20/h4-9,11,15-16,19H,3,10,12-14,27H2,1-2H3/t16?,19-/m0/s1. The zero-order valence-electron chi connectivity index (χ0n) is 21.3. The third-order valence-corrected chi connectivity index (χ3v) is 8.06. The van der Waals surface area contributed by atoms with Crippen LogP contribution in [0.5, 0.6) is 11.5 Å². The Morgan fingerprint density at radius 3 is 2.72 bits per heavy atom. The third-order valence-electron chi connectivity index (χ3n) is 6.08. The number of ether oxygens (including phenoxy) is 3. The van der Waals surface area contributed by atoms with E-state index in [1.54, 1.807) is 35.5 Å². The van der Waals surface area contributed by atoms with E-state index in [0.717, 1.165) is 5.69 Å². The average molecular weight is 578 g/mol. The molecule has 3 heterocycles. The van der Waals surface area contributed by atoms with Gasteiger partial charge in [-0.05, 0) is 30.3 Å². The Hall–Kier alpha value is -3.68. The molecule has 0 fully saturated rings. The molecular formula is C25H28ClN5O7S. The van der Waals surface area contributed by atoms with Crippen molar-refractivity contribution in [1.29, 1.82) is 0 Å². The Labute approximate surface area is 230 Å². The summed E-state index contributed by atoms with van der Waals surface area (Å²) < 4.78 is 40.5. The van der Waals surface area contributed by atoms with Crippen molar-refractivity contribution >= 4 is 45.3 Å². The highest BCUT2D eigenvalue weighted by atomic mass is 35.5. The van der Waals surface area contributed by atoms with E-state index in [0.29, 0.717) is 23.0 Å². The van der Waals surface area contributed by atoms with Crippen molar-refractivity contribution in [2.75, 3.05) is 43.2 Å². The van der Waals surface area contributed by atoms with Crippen LogP contribution in [-0.2, 0) is 24.2 Å². The summed E-state index contributed by atoms with van der Waals surface area (Å²) in [6.45, 7) is 1.34. The fourth-order valence-electron chi connectivity index (χ4n) is 4.02. The van der Waals surface area contributed by atoms with Crippen LogP contribution in [0.15, 0.2) is 53.4 Å². The number of benzene rings is 1. The second-order valence-electron chi connectivity index (χ2n) is 8.71. The van der Waals surface area contributed by atoms with Gasteiger partial charge in [0.1, 0.15) is 24.7 Å². The lowest BCUT2D eigenvalue weighted by atomic mass is 10.1. The highest BCUT2D eigenvalue weighted by molar-refractivity contribution is 7.91. The molecular weight excluding hydrogens is 550 g/mol. The van der Waals surface area contributed by atoms with Gasteiger partial charge in [-0.3, -0.25) is 24.5 Å². The van der Waals surface area contributed by atoms with Crippen molar-refractivity contribution in [3.05, 3.63) is 59.0 Å². The summed E-state index contributed by atoms with van der Waals surface area (Å²) >= 11 is 5.94. The summed E-state index contributed by atoms with van der Waals surface area (Å²) in [5.74, 6) is -1.13. The molecule has 0 radical (unpaired) electrons. The number of hydrazone groups is 1. The smallest absolute Gasteiger partial charge is 0.320 e. The van der Waals surface area contributed by atoms with Crippen LogP contribution in [0.4, 0.5) is 5.69 Å². The number of hydrogen-bond acceptors (Lipinski definition) is 11. The molecule has 2 aliphatic heterocycles. The first-order valence-electron chi connectivity index (χ1n) is 12.0. The number of halogens is 1. The van der Waals surface area contributed by atoms with Crippen molar-refractivity contribution in [1.82, 2.24) is 9.99 Å². The molecule has 1 amide bonds. The van der Waals surface area contributed by atoms with Crippen LogP contribution in [0.1, 0.15) is 18.5 Å². The number of pyridine rings is 1. The molecule has 1 aromatic carbocycles. The number of nitrogens with zero attached hydrogens (tertiary/aromatic N) is 4. The van der Waals surface area contributed by atoms with Gasteiger partial charge in [0.25, 0.3) is 5.91 Å². The number of fused-ring (bicyclic) bond motifs is 1. The van der Waals surface area contributed by atoms with Crippen LogP contribution in [0.25, 0.3) is 0 Å². The van der Waals surface area contributed by atoms with E-state index in [-0.39, 0.29) is 35.7 Å². The molecule has 208 valence electrons. The molecule has 2 atom stereocenters. The van der Waals surface area contributed by atoms with Crippen molar-refractivity contribution in [3.8, 4) is 11.5 Å². The molecule has 0 bridgehead atoms. The summed E-state index contributed by atoms with van der Waals surface area (Å²) in [7, 11) is -2.03. The second kappa shape index (κ2) is 12.0. The number of anilines is 1. The lowest BCUT2D eigenvalue weighted by molar-refractivity contribution is -0.147. The van der Waals surface area contributed by atoms with E-state index in [1.807, 2.05) is 12.1 Å². The number of methoxy groups -OCH3 is 1. The molecule has 0 spiro atoms. The molecule has 1 unspecified atom stereocenters. The summed E-state index contributed by atoms with van der Waals surface area (Å²) in [4.78, 5) is 30.7. The van der Waals surface area contributed by atoms with Crippen molar-refractivity contribution in [3.63, 3.8) is 0 Å². The predicted octanol–water partition coefficient (Wildman–Crippen LogP) is 1.70. The Morgan fingerprint density at radius 2 is 2.05 bits per heavy atom. The minimum atomic E-state index is -3.46. The van der Waals surface area contributed by atoms with E-state index >= 15 is 0 Å². The minimum Gasteiger partial charge on any atom is -0.493 e. The molecule has 4 rings (SSSR count). The SMILES string of the molecule is CCS(=O)(=O)C[C@H](COc1ccc(N2C=NN3CC(c4ccc(Cl)cn4)C=C3C2=O)cc1OC)OC(=O)CN. The molecule has 2 N–H and O–H groups in total. The molecule has 0 aliphatic carbocycles. The first-order chi connectivity index (χ1) is 18.6. The largest absolute Gasteiger partial charge is 0.493 e. The monoisotopic (exact) mass is 577 g/mol. The maximum Gasteiger partial charge on any atom is 0.320 e. The van der Waals surface area contributed by atoms with E-state index in [1.165, 1.54) is 25.3 Å². The van der Waals surface area contributed by atoms with E-state index < -0.39 is 34.2 Å². The van der Waals surface area contributed by atoms with E-state index in [9.17, 15) is 18.0 Å². The first kappa shape index (κ1) is 28.3. The number of esters is 1. The van der Waals surface area contributed by atoms with Gasteiger partial charge in [0.05, 0.1) is 36.7 Å². The second-order valence-corrected chi connectivity index (χ2v) is 11.5. The van der Waals surface area contributed by atoms with Crippen molar-refractivity contribution in [2.24, 2.45) is 10.8 Å². The number of rotatable bonds is 11. The van der Waals surface area contributed by atoms with Gasteiger partial charge in [-0.1, -0.05) is 18.5 Å². The molecule has 14 heteroatoms.